The van der Waals surface area contributed by atoms with Crippen molar-refractivity contribution in [1.29, 1.82) is 0 Å². The smallest absolute Gasteiger partial charge is 0.243 e. The van der Waals surface area contributed by atoms with Crippen molar-refractivity contribution in [3.63, 3.8) is 0 Å². The number of methoxy groups -OCH3 is 2. The maximum Gasteiger partial charge on any atom is 0.243 e. The monoisotopic (exact) mass is 364 g/mol. The van der Waals surface area contributed by atoms with Gasteiger partial charge in [0.15, 0.2) is 0 Å². The highest BCUT2D eigenvalue weighted by atomic mass is 35.5. The molecule has 0 heterocycles. The molecule has 0 aliphatic carbocycles. The first kappa shape index (κ1) is 18.7. The van der Waals surface area contributed by atoms with Crippen LogP contribution >= 0.6 is 11.6 Å². The molecule has 7 heteroatoms. The highest BCUT2D eigenvalue weighted by Gasteiger charge is 2.12. The Morgan fingerprint density at radius 1 is 1.08 bits per heavy atom. The molecule has 2 N–H and O–H groups in total. The maximum absolute atomic E-state index is 12.2. The van der Waals surface area contributed by atoms with Gasteiger partial charge in [0.2, 0.25) is 5.91 Å². The van der Waals surface area contributed by atoms with Gasteiger partial charge in [-0.3, -0.25) is 4.79 Å². The minimum absolute atomic E-state index is 0.0980. The van der Waals surface area contributed by atoms with Crippen molar-refractivity contribution in [2.24, 2.45) is 0 Å². The third kappa shape index (κ3) is 5.19. The molecule has 6 nitrogen and oxygen atoms in total. The van der Waals surface area contributed by atoms with E-state index in [-0.39, 0.29) is 12.5 Å². The summed E-state index contributed by atoms with van der Waals surface area (Å²) in [4.78, 5) is 12.2. The van der Waals surface area contributed by atoms with Gasteiger partial charge in [-0.2, -0.15) is 0 Å². The van der Waals surface area contributed by atoms with E-state index in [2.05, 4.69) is 10.6 Å². The molecule has 0 radical (unpaired) electrons. The molecule has 0 bridgehead atoms. The first-order valence-electron chi connectivity index (χ1n) is 7.75. The largest absolute Gasteiger partial charge is 0.495 e. The Balaban J connectivity index is 1.97. The fraction of sp³-hybridized carbons (Fsp3) is 0.278. The molecule has 0 aromatic heterocycles. The highest BCUT2D eigenvalue weighted by molar-refractivity contribution is 6.32. The SMILES string of the molecule is CCOc1ccc(NCC(=O)Nc2cc(Cl)c(OC)cc2OC)cc1. The summed E-state index contributed by atoms with van der Waals surface area (Å²) >= 11 is 6.10. The van der Waals surface area contributed by atoms with E-state index in [1.165, 1.54) is 14.2 Å². The van der Waals surface area contributed by atoms with Crippen LogP contribution in [0.2, 0.25) is 5.02 Å². The van der Waals surface area contributed by atoms with Gasteiger partial charge in [0.05, 0.1) is 38.1 Å². The zero-order chi connectivity index (χ0) is 18.2. The van der Waals surface area contributed by atoms with Gasteiger partial charge in [0, 0.05) is 11.8 Å². The quantitative estimate of drug-likeness (QED) is 0.745. The minimum Gasteiger partial charge on any atom is -0.495 e. The summed E-state index contributed by atoms with van der Waals surface area (Å²) in [5.74, 6) is 1.50. The van der Waals surface area contributed by atoms with E-state index in [9.17, 15) is 4.79 Å². The lowest BCUT2D eigenvalue weighted by Gasteiger charge is -2.13. The number of ether oxygens (including phenoxy) is 3. The summed E-state index contributed by atoms with van der Waals surface area (Å²) in [6.07, 6.45) is 0. The predicted octanol–water partition coefficient (Wildman–Crippen LogP) is 3.81. The van der Waals surface area contributed by atoms with Gasteiger partial charge in [0.1, 0.15) is 17.2 Å². The lowest BCUT2D eigenvalue weighted by Crippen LogP contribution is -2.22. The first-order chi connectivity index (χ1) is 12.1. The zero-order valence-corrected chi connectivity index (χ0v) is 15.1. The Labute approximate surface area is 152 Å². The third-order valence-electron chi connectivity index (χ3n) is 3.37. The van der Waals surface area contributed by atoms with E-state index in [1.807, 2.05) is 31.2 Å². The highest BCUT2D eigenvalue weighted by Crippen LogP contribution is 2.35. The molecule has 2 rings (SSSR count). The Kier molecular flexibility index (Phi) is 6.77. The number of carbonyl (C=O) groups excluding carboxylic acids is 1. The van der Waals surface area contributed by atoms with Crippen molar-refractivity contribution in [3.8, 4) is 17.2 Å². The van der Waals surface area contributed by atoms with Gasteiger partial charge in [-0.15, -0.1) is 0 Å². The lowest BCUT2D eigenvalue weighted by atomic mass is 10.2. The van der Waals surface area contributed by atoms with Gasteiger partial charge in [0.25, 0.3) is 0 Å². The predicted molar refractivity (Wildman–Crippen MR) is 99.3 cm³/mol. The number of hydrogen-bond donors (Lipinski definition) is 2. The van der Waals surface area contributed by atoms with Crippen LogP contribution in [0.4, 0.5) is 11.4 Å². The molecule has 0 aliphatic heterocycles. The minimum atomic E-state index is -0.228. The Morgan fingerprint density at radius 3 is 2.36 bits per heavy atom. The van der Waals surface area contributed by atoms with E-state index in [4.69, 9.17) is 25.8 Å². The second-order valence-corrected chi connectivity index (χ2v) is 5.45. The van der Waals surface area contributed by atoms with Crippen LogP contribution in [-0.2, 0) is 4.79 Å². The van der Waals surface area contributed by atoms with Crippen LogP contribution in [-0.4, -0.2) is 33.3 Å². The summed E-state index contributed by atoms with van der Waals surface area (Å²) < 4.78 is 15.8. The average molecular weight is 365 g/mol. The molecule has 2 aromatic carbocycles. The summed E-state index contributed by atoms with van der Waals surface area (Å²) in [5.41, 5.74) is 1.30. The van der Waals surface area contributed by atoms with Gasteiger partial charge in [-0.1, -0.05) is 11.6 Å². The molecular formula is C18H21ClN2O4. The molecule has 1 amide bonds. The van der Waals surface area contributed by atoms with Crippen LogP contribution in [0.25, 0.3) is 0 Å². The molecular weight excluding hydrogens is 344 g/mol. The summed E-state index contributed by atoms with van der Waals surface area (Å²) in [5, 5.41) is 6.19. The summed E-state index contributed by atoms with van der Waals surface area (Å²) in [7, 11) is 3.02. The molecule has 0 atom stereocenters. The average Bonchev–Trinajstić information content (AvgIpc) is 2.61. The standard InChI is InChI=1S/C18H21ClN2O4/c1-4-25-13-7-5-12(6-8-13)20-11-18(22)21-15-9-14(19)16(23-2)10-17(15)24-3/h5-10,20H,4,11H2,1-3H3,(H,21,22). The van der Waals surface area contributed by atoms with Crippen LogP contribution in [0.1, 0.15) is 6.92 Å². The molecule has 134 valence electrons. The first-order valence-corrected chi connectivity index (χ1v) is 8.13. The van der Waals surface area contributed by atoms with Gasteiger partial charge in [-0.25, -0.2) is 0 Å². The normalized spacial score (nSPS) is 10.1. The summed E-state index contributed by atoms with van der Waals surface area (Å²) in [6, 6.07) is 10.6. The van der Waals surface area contributed by atoms with Crippen molar-refractivity contribution < 1.29 is 19.0 Å². The van der Waals surface area contributed by atoms with Crippen LogP contribution in [0.15, 0.2) is 36.4 Å². The molecule has 0 saturated carbocycles. The number of amides is 1. The van der Waals surface area contributed by atoms with E-state index in [1.54, 1.807) is 12.1 Å². The van der Waals surface area contributed by atoms with E-state index in [0.717, 1.165) is 11.4 Å². The van der Waals surface area contributed by atoms with Crippen molar-refractivity contribution in [1.82, 2.24) is 0 Å². The molecule has 25 heavy (non-hydrogen) atoms. The number of hydrogen-bond acceptors (Lipinski definition) is 5. The van der Waals surface area contributed by atoms with Crippen molar-refractivity contribution in [2.45, 2.75) is 6.92 Å². The van der Waals surface area contributed by atoms with Crippen LogP contribution < -0.4 is 24.8 Å². The fourth-order valence-corrected chi connectivity index (χ4v) is 2.41. The molecule has 0 aliphatic rings. The number of nitrogens with one attached hydrogen (secondary N) is 2. The van der Waals surface area contributed by atoms with Crippen molar-refractivity contribution in [3.05, 3.63) is 41.4 Å². The number of benzene rings is 2. The number of halogens is 1. The Morgan fingerprint density at radius 2 is 1.76 bits per heavy atom. The Bertz CT molecular complexity index is 720. The van der Waals surface area contributed by atoms with E-state index < -0.39 is 0 Å². The van der Waals surface area contributed by atoms with E-state index >= 15 is 0 Å². The molecule has 0 saturated heterocycles. The fourth-order valence-electron chi connectivity index (χ4n) is 2.17. The lowest BCUT2D eigenvalue weighted by molar-refractivity contribution is -0.114. The second-order valence-electron chi connectivity index (χ2n) is 5.05. The second kappa shape index (κ2) is 9.03. The number of anilines is 2. The van der Waals surface area contributed by atoms with Gasteiger partial charge in [-0.05, 0) is 37.3 Å². The number of rotatable bonds is 8. The number of carbonyl (C=O) groups is 1. The topological polar surface area (TPSA) is 68.8 Å². The molecule has 2 aromatic rings. The van der Waals surface area contributed by atoms with E-state index in [0.29, 0.717) is 28.8 Å². The van der Waals surface area contributed by atoms with Crippen molar-refractivity contribution >= 4 is 28.9 Å². The molecule has 0 fully saturated rings. The third-order valence-corrected chi connectivity index (χ3v) is 3.66. The summed E-state index contributed by atoms with van der Waals surface area (Å²) in [6.45, 7) is 2.64. The van der Waals surface area contributed by atoms with Crippen LogP contribution in [0.3, 0.4) is 0 Å². The van der Waals surface area contributed by atoms with Gasteiger partial charge >= 0.3 is 0 Å². The van der Waals surface area contributed by atoms with Crippen molar-refractivity contribution in [2.75, 3.05) is 38.0 Å². The zero-order valence-electron chi connectivity index (χ0n) is 14.4. The van der Waals surface area contributed by atoms with Crippen LogP contribution in [0, 0.1) is 0 Å². The maximum atomic E-state index is 12.2. The Hall–Kier alpha value is -2.60. The van der Waals surface area contributed by atoms with Gasteiger partial charge < -0.3 is 24.8 Å². The molecule has 0 spiro atoms. The molecule has 0 unspecified atom stereocenters. The van der Waals surface area contributed by atoms with Crippen LogP contribution in [0.5, 0.6) is 17.2 Å².